The number of sulfonamides is 1. The van der Waals surface area contributed by atoms with Crippen molar-refractivity contribution in [1.82, 2.24) is 10.6 Å². The third kappa shape index (κ3) is 5.58. The largest absolute Gasteiger partial charge is 0.352 e. The Hall–Kier alpha value is -2.38. The Morgan fingerprint density at radius 1 is 1.04 bits per heavy atom. The summed E-state index contributed by atoms with van der Waals surface area (Å²) in [7, 11) is -1.91. The number of hydrogen-bond donors (Lipinski definition) is 3. The number of amides is 1. The highest BCUT2D eigenvalue weighted by molar-refractivity contribution is 7.92. The molecule has 0 fully saturated rings. The first-order valence-electron chi connectivity index (χ1n) is 8.05. The van der Waals surface area contributed by atoms with Gasteiger partial charge >= 0.3 is 0 Å². The van der Waals surface area contributed by atoms with E-state index in [9.17, 15) is 13.2 Å². The normalized spacial score (nSPS) is 11.1. The zero-order valence-electron chi connectivity index (χ0n) is 14.4. The van der Waals surface area contributed by atoms with Gasteiger partial charge in [-0.15, -0.1) is 0 Å². The third-order valence-electron chi connectivity index (χ3n) is 3.60. The fourth-order valence-electron chi connectivity index (χ4n) is 2.21. The summed E-state index contributed by atoms with van der Waals surface area (Å²) < 4.78 is 27.5. The lowest BCUT2D eigenvalue weighted by Crippen LogP contribution is -2.26. The summed E-state index contributed by atoms with van der Waals surface area (Å²) in [6, 6.07) is 13.1. The van der Waals surface area contributed by atoms with Gasteiger partial charge in [-0.3, -0.25) is 9.52 Å². The van der Waals surface area contributed by atoms with Crippen LogP contribution in [-0.2, 0) is 10.0 Å². The highest BCUT2D eigenvalue weighted by Crippen LogP contribution is 2.17. The fourth-order valence-corrected chi connectivity index (χ4v) is 3.31. The first kappa shape index (κ1) is 19.0. The molecule has 0 unspecified atom stereocenters. The molecule has 3 N–H and O–H groups in total. The molecular weight excluding hydrogens is 338 g/mol. The Morgan fingerprint density at radius 3 is 2.44 bits per heavy atom. The molecule has 134 valence electrons. The molecule has 0 aromatic heterocycles. The molecule has 2 aromatic rings. The zero-order valence-corrected chi connectivity index (χ0v) is 15.2. The van der Waals surface area contributed by atoms with E-state index in [0.29, 0.717) is 17.8 Å². The number of hydrogen-bond acceptors (Lipinski definition) is 4. The van der Waals surface area contributed by atoms with Crippen LogP contribution in [0.15, 0.2) is 53.4 Å². The first-order valence-corrected chi connectivity index (χ1v) is 9.53. The van der Waals surface area contributed by atoms with Crippen LogP contribution in [0, 0.1) is 6.92 Å². The molecule has 1 amide bonds. The molecule has 0 spiro atoms. The Bertz CT molecular complexity index is 818. The fraction of sp³-hybridized carbons (Fsp3) is 0.278. The molecule has 0 saturated heterocycles. The van der Waals surface area contributed by atoms with E-state index in [0.717, 1.165) is 18.5 Å². The second kappa shape index (κ2) is 8.64. The predicted molar refractivity (Wildman–Crippen MR) is 99.3 cm³/mol. The van der Waals surface area contributed by atoms with E-state index in [2.05, 4.69) is 15.4 Å². The van der Waals surface area contributed by atoms with Gasteiger partial charge in [-0.1, -0.05) is 23.8 Å². The van der Waals surface area contributed by atoms with Gasteiger partial charge in [0.25, 0.3) is 15.9 Å². The average molecular weight is 361 g/mol. The van der Waals surface area contributed by atoms with E-state index >= 15 is 0 Å². The van der Waals surface area contributed by atoms with Crippen molar-refractivity contribution >= 4 is 21.6 Å². The maximum Gasteiger partial charge on any atom is 0.261 e. The first-order chi connectivity index (χ1) is 11.9. The molecular formula is C18H23N3O3S. The van der Waals surface area contributed by atoms with Gasteiger partial charge in [0.2, 0.25) is 0 Å². The van der Waals surface area contributed by atoms with Gasteiger partial charge in [0.15, 0.2) is 0 Å². The predicted octanol–water partition coefficient (Wildman–Crippen LogP) is 2.14. The van der Waals surface area contributed by atoms with Crippen molar-refractivity contribution in [3.05, 3.63) is 59.7 Å². The lowest BCUT2D eigenvalue weighted by Gasteiger charge is -2.10. The highest BCUT2D eigenvalue weighted by atomic mass is 32.2. The summed E-state index contributed by atoms with van der Waals surface area (Å²) in [6.45, 7) is 3.25. The van der Waals surface area contributed by atoms with Crippen molar-refractivity contribution < 1.29 is 13.2 Å². The summed E-state index contributed by atoms with van der Waals surface area (Å²) >= 11 is 0. The summed E-state index contributed by atoms with van der Waals surface area (Å²) in [4.78, 5) is 12.2. The Morgan fingerprint density at radius 2 is 1.76 bits per heavy atom. The summed E-state index contributed by atoms with van der Waals surface area (Å²) in [5.41, 5.74) is 1.84. The van der Waals surface area contributed by atoms with Crippen molar-refractivity contribution in [1.29, 1.82) is 0 Å². The van der Waals surface area contributed by atoms with Gasteiger partial charge in [-0.05, 0) is 57.3 Å². The molecule has 0 bridgehead atoms. The Balaban J connectivity index is 2.10. The Kier molecular flexibility index (Phi) is 6.55. The van der Waals surface area contributed by atoms with Gasteiger partial charge in [0, 0.05) is 17.8 Å². The number of benzene rings is 2. The maximum absolute atomic E-state index is 12.5. The van der Waals surface area contributed by atoms with Crippen LogP contribution in [0.2, 0.25) is 0 Å². The number of carbonyl (C=O) groups excluding carboxylic acids is 1. The molecule has 2 aromatic carbocycles. The van der Waals surface area contributed by atoms with E-state index in [4.69, 9.17) is 0 Å². The second-order valence-electron chi connectivity index (χ2n) is 5.71. The van der Waals surface area contributed by atoms with E-state index in [1.807, 2.05) is 26.1 Å². The minimum absolute atomic E-state index is 0.0518. The minimum Gasteiger partial charge on any atom is -0.352 e. The lowest BCUT2D eigenvalue weighted by atomic mass is 10.2. The molecule has 25 heavy (non-hydrogen) atoms. The van der Waals surface area contributed by atoms with E-state index in [-0.39, 0.29) is 10.8 Å². The van der Waals surface area contributed by atoms with Gasteiger partial charge in [0.1, 0.15) is 0 Å². The second-order valence-corrected chi connectivity index (χ2v) is 7.39. The van der Waals surface area contributed by atoms with Crippen molar-refractivity contribution in [3.63, 3.8) is 0 Å². The number of carbonyl (C=O) groups is 1. The van der Waals surface area contributed by atoms with Crippen LogP contribution in [0.5, 0.6) is 0 Å². The van der Waals surface area contributed by atoms with Gasteiger partial charge in [-0.2, -0.15) is 0 Å². The molecule has 6 nitrogen and oxygen atoms in total. The van der Waals surface area contributed by atoms with Gasteiger partial charge in [-0.25, -0.2) is 8.42 Å². The summed E-state index contributed by atoms with van der Waals surface area (Å²) in [5.74, 6) is -0.288. The molecule has 0 aliphatic rings. The van der Waals surface area contributed by atoms with Crippen molar-refractivity contribution in [3.8, 4) is 0 Å². The third-order valence-corrected chi connectivity index (χ3v) is 4.98. The molecule has 0 atom stereocenters. The van der Waals surface area contributed by atoms with Gasteiger partial charge in [0.05, 0.1) is 4.90 Å². The molecule has 0 aliphatic heterocycles. The van der Waals surface area contributed by atoms with Gasteiger partial charge < -0.3 is 10.6 Å². The van der Waals surface area contributed by atoms with Crippen LogP contribution < -0.4 is 15.4 Å². The molecule has 0 saturated carbocycles. The van der Waals surface area contributed by atoms with E-state index in [1.165, 1.54) is 12.1 Å². The SMILES string of the molecule is CNCCCNC(=O)c1cccc(S(=O)(=O)Nc2ccc(C)cc2)c1. The molecule has 7 heteroatoms. The zero-order chi connectivity index (χ0) is 18.3. The van der Waals surface area contributed by atoms with Crippen molar-refractivity contribution in [2.24, 2.45) is 0 Å². The van der Waals surface area contributed by atoms with Crippen LogP contribution in [-0.4, -0.2) is 34.5 Å². The standard InChI is InChI=1S/C18H23N3O3S/c1-14-7-9-16(10-8-14)21-25(23,24)17-6-3-5-15(13-17)18(22)20-12-4-11-19-2/h3,5-10,13,19,21H,4,11-12H2,1-2H3,(H,20,22). The van der Waals surface area contributed by atoms with E-state index < -0.39 is 10.0 Å². The van der Waals surface area contributed by atoms with Crippen molar-refractivity contribution in [2.45, 2.75) is 18.2 Å². The van der Waals surface area contributed by atoms with Crippen LogP contribution in [0.3, 0.4) is 0 Å². The molecule has 2 rings (SSSR count). The van der Waals surface area contributed by atoms with Crippen molar-refractivity contribution in [2.75, 3.05) is 24.9 Å². The smallest absolute Gasteiger partial charge is 0.261 e. The van der Waals surface area contributed by atoms with E-state index in [1.54, 1.807) is 24.3 Å². The molecule has 0 heterocycles. The molecule has 0 aliphatic carbocycles. The Labute approximate surface area is 148 Å². The average Bonchev–Trinajstić information content (AvgIpc) is 2.60. The van der Waals surface area contributed by atoms with Crippen LogP contribution in [0.1, 0.15) is 22.3 Å². The topological polar surface area (TPSA) is 87.3 Å². The van der Waals surface area contributed by atoms with Crippen LogP contribution >= 0.6 is 0 Å². The van der Waals surface area contributed by atoms with Crippen LogP contribution in [0.25, 0.3) is 0 Å². The lowest BCUT2D eigenvalue weighted by molar-refractivity contribution is 0.0953. The number of rotatable bonds is 8. The quantitative estimate of drug-likeness (QED) is 0.629. The number of nitrogens with one attached hydrogen (secondary N) is 3. The monoisotopic (exact) mass is 361 g/mol. The summed E-state index contributed by atoms with van der Waals surface area (Å²) in [6.07, 6.45) is 0.801. The summed E-state index contributed by atoms with van der Waals surface area (Å²) in [5, 5.41) is 5.77. The molecule has 0 radical (unpaired) electrons. The van der Waals surface area contributed by atoms with Crippen LogP contribution in [0.4, 0.5) is 5.69 Å². The minimum atomic E-state index is -3.75. The highest BCUT2D eigenvalue weighted by Gasteiger charge is 2.16. The number of anilines is 1. The number of aryl methyl sites for hydroxylation is 1. The maximum atomic E-state index is 12.5.